The van der Waals surface area contributed by atoms with Crippen LogP contribution in [0.3, 0.4) is 0 Å². The molecular formula is C24H25ClN4O3S. The number of pyridine rings is 2. The first-order valence-electron chi connectivity index (χ1n) is 10.9. The van der Waals surface area contributed by atoms with Gasteiger partial charge >= 0.3 is 0 Å². The van der Waals surface area contributed by atoms with E-state index in [4.69, 9.17) is 11.6 Å². The fraction of sp³-hybridized carbons (Fsp3) is 0.333. The Morgan fingerprint density at radius 2 is 1.70 bits per heavy atom. The molecule has 1 saturated heterocycles. The predicted molar refractivity (Wildman–Crippen MR) is 129 cm³/mol. The summed E-state index contributed by atoms with van der Waals surface area (Å²) in [6.07, 6.45) is 2.10. The number of hydrogen-bond donors (Lipinski definition) is 2. The lowest BCUT2D eigenvalue weighted by molar-refractivity contribution is -0.00978. The SMILES string of the molecule is Cc1cccc(C)c1-c1nc(NS(=O)(=O)c2cccc(N3CC(O)(C4CC4)C3)n2)ccc1Cl. The van der Waals surface area contributed by atoms with E-state index in [2.05, 4.69) is 14.7 Å². The largest absolute Gasteiger partial charge is 0.386 e. The second-order valence-electron chi connectivity index (χ2n) is 8.97. The minimum Gasteiger partial charge on any atom is -0.386 e. The summed E-state index contributed by atoms with van der Waals surface area (Å²) < 4.78 is 28.7. The van der Waals surface area contributed by atoms with E-state index in [-0.39, 0.29) is 10.8 Å². The number of nitrogens with zero attached hydrogens (tertiary/aromatic N) is 3. The van der Waals surface area contributed by atoms with Gasteiger partial charge in [0.1, 0.15) is 17.2 Å². The van der Waals surface area contributed by atoms with Crippen LogP contribution in [0.15, 0.2) is 53.6 Å². The van der Waals surface area contributed by atoms with Crippen molar-refractivity contribution in [1.82, 2.24) is 9.97 Å². The third-order valence-corrected chi connectivity index (χ3v) is 7.94. The third kappa shape index (κ3) is 4.18. The summed E-state index contributed by atoms with van der Waals surface area (Å²) in [5.74, 6) is 1.05. The van der Waals surface area contributed by atoms with Crippen molar-refractivity contribution in [1.29, 1.82) is 0 Å². The lowest BCUT2D eigenvalue weighted by Crippen LogP contribution is -2.63. The Labute approximate surface area is 198 Å². The number of β-amino-alcohol motifs (C(OH)–C–C–N with tert-alkyl or cyclic N) is 1. The van der Waals surface area contributed by atoms with Crippen molar-refractivity contribution in [3.05, 3.63) is 64.7 Å². The molecule has 0 radical (unpaired) electrons. The fourth-order valence-corrected chi connectivity index (χ4v) is 5.60. The van der Waals surface area contributed by atoms with E-state index in [9.17, 15) is 13.5 Å². The van der Waals surface area contributed by atoms with Crippen molar-refractivity contribution < 1.29 is 13.5 Å². The van der Waals surface area contributed by atoms with Gasteiger partial charge in [0, 0.05) is 5.56 Å². The maximum Gasteiger partial charge on any atom is 0.280 e. The Kier molecular flexibility index (Phi) is 5.34. The first-order chi connectivity index (χ1) is 15.7. The number of aryl methyl sites for hydroxylation is 2. The van der Waals surface area contributed by atoms with Crippen molar-refractivity contribution in [2.45, 2.75) is 37.3 Å². The maximum absolute atomic E-state index is 13.1. The van der Waals surface area contributed by atoms with Crippen LogP contribution >= 0.6 is 11.6 Å². The molecule has 0 spiro atoms. The topological polar surface area (TPSA) is 95.4 Å². The average molecular weight is 485 g/mol. The van der Waals surface area contributed by atoms with Crippen molar-refractivity contribution in [3.63, 3.8) is 0 Å². The summed E-state index contributed by atoms with van der Waals surface area (Å²) in [5.41, 5.74) is 2.73. The van der Waals surface area contributed by atoms with Gasteiger partial charge in [-0.3, -0.25) is 4.72 Å². The molecule has 2 aliphatic rings. The van der Waals surface area contributed by atoms with E-state index >= 15 is 0 Å². The standard InChI is InChI=1S/C24H25ClN4O3S/c1-15-5-3-6-16(2)22(15)23-18(25)11-12-19(26-23)28-33(31,32)21-8-4-7-20(27-21)29-13-24(30,14-29)17-9-10-17/h3-8,11-12,17,30H,9-10,13-14H2,1-2H3,(H,26,28). The highest BCUT2D eigenvalue weighted by atomic mass is 35.5. The van der Waals surface area contributed by atoms with Gasteiger partial charge < -0.3 is 10.0 Å². The molecule has 172 valence electrons. The fourth-order valence-electron chi connectivity index (χ4n) is 4.44. The van der Waals surface area contributed by atoms with Gasteiger partial charge in [-0.15, -0.1) is 0 Å². The molecule has 1 saturated carbocycles. The van der Waals surface area contributed by atoms with Crippen LogP contribution in [0.1, 0.15) is 24.0 Å². The average Bonchev–Trinajstić information content (AvgIpc) is 3.59. The zero-order chi connectivity index (χ0) is 23.4. The maximum atomic E-state index is 13.1. The number of rotatable bonds is 6. The molecule has 0 atom stereocenters. The van der Waals surface area contributed by atoms with Gasteiger partial charge in [-0.05, 0) is 68.0 Å². The zero-order valence-corrected chi connectivity index (χ0v) is 20.0. The molecule has 7 nitrogen and oxygen atoms in total. The smallest absolute Gasteiger partial charge is 0.280 e. The summed E-state index contributed by atoms with van der Waals surface area (Å²) in [5, 5.41) is 10.9. The van der Waals surface area contributed by atoms with Gasteiger partial charge in [-0.1, -0.05) is 35.9 Å². The van der Waals surface area contributed by atoms with E-state index in [0.29, 0.717) is 35.5 Å². The van der Waals surface area contributed by atoms with Crippen LogP contribution in [0.2, 0.25) is 5.02 Å². The molecule has 1 aliphatic heterocycles. The Balaban J connectivity index is 1.40. The molecule has 1 aliphatic carbocycles. The molecule has 3 heterocycles. The monoisotopic (exact) mass is 484 g/mol. The number of aliphatic hydroxyl groups is 1. The van der Waals surface area contributed by atoms with Gasteiger partial charge in [0.15, 0.2) is 5.03 Å². The van der Waals surface area contributed by atoms with Gasteiger partial charge in [-0.2, -0.15) is 8.42 Å². The summed E-state index contributed by atoms with van der Waals surface area (Å²) in [7, 11) is -3.97. The van der Waals surface area contributed by atoms with Gasteiger partial charge in [-0.25, -0.2) is 9.97 Å². The van der Waals surface area contributed by atoms with Gasteiger partial charge in [0.05, 0.1) is 23.8 Å². The van der Waals surface area contributed by atoms with Crippen LogP contribution < -0.4 is 9.62 Å². The number of aromatic nitrogens is 2. The number of halogens is 1. The third-order valence-electron chi connectivity index (χ3n) is 6.38. The minimum atomic E-state index is -3.97. The minimum absolute atomic E-state index is 0.104. The first kappa shape index (κ1) is 22.1. The van der Waals surface area contributed by atoms with E-state index in [1.54, 1.807) is 18.2 Å². The Hall–Kier alpha value is -2.68. The molecule has 33 heavy (non-hydrogen) atoms. The number of nitrogens with one attached hydrogen (secondary N) is 1. The van der Waals surface area contributed by atoms with Crippen LogP contribution in [0, 0.1) is 19.8 Å². The van der Waals surface area contributed by atoms with Gasteiger partial charge in [0.25, 0.3) is 10.0 Å². The van der Waals surface area contributed by atoms with Gasteiger partial charge in [0.2, 0.25) is 0 Å². The lowest BCUT2D eigenvalue weighted by atomic mass is 9.89. The molecule has 2 aromatic heterocycles. The van der Waals surface area contributed by atoms with E-state index < -0.39 is 15.6 Å². The highest BCUT2D eigenvalue weighted by Gasteiger charge is 2.52. The lowest BCUT2D eigenvalue weighted by Gasteiger charge is -2.47. The Morgan fingerprint density at radius 3 is 2.36 bits per heavy atom. The molecule has 9 heteroatoms. The Morgan fingerprint density at radius 1 is 1.03 bits per heavy atom. The van der Waals surface area contributed by atoms with Crippen molar-refractivity contribution >= 4 is 33.3 Å². The summed E-state index contributed by atoms with van der Waals surface area (Å²) in [6.45, 7) is 4.87. The van der Waals surface area contributed by atoms with Crippen LogP contribution in [0.4, 0.5) is 11.6 Å². The quantitative estimate of drug-likeness (QED) is 0.545. The highest BCUT2D eigenvalue weighted by Crippen LogP contribution is 2.45. The number of benzene rings is 1. The molecule has 0 unspecified atom stereocenters. The molecule has 0 amide bonds. The molecule has 2 N–H and O–H groups in total. The molecular weight excluding hydrogens is 460 g/mol. The Bertz CT molecular complexity index is 1320. The van der Waals surface area contributed by atoms with Crippen LogP contribution in [0.25, 0.3) is 11.3 Å². The second-order valence-corrected chi connectivity index (χ2v) is 11.0. The summed E-state index contributed by atoms with van der Waals surface area (Å²) in [6, 6.07) is 13.9. The van der Waals surface area contributed by atoms with Crippen molar-refractivity contribution in [2.75, 3.05) is 22.7 Å². The zero-order valence-electron chi connectivity index (χ0n) is 18.4. The van der Waals surface area contributed by atoms with Crippen LogP contribution in [-0.4, -0.2) is 42.2 Å². The molecule has 3 aromatic rings. The molecule has 1 aromatic carbocycles. The molecule has 2 fully saturated rings. The van der Waals surface area contributed by atoms with E-state index in [1.807, 2.05) is 36.9 Å². The number of hydrogen-bond acceptors (Lipinski definition) is 6. The van der Waals surface area contributed by atoms with Crippen LogP contribution in [0.5, 0.6) is 0 Å². The van der Waals surface area contributed by atoms with Crippen LogP contribution in [-0.2, 0) is 10.0 Å². The second kappa shape index (κ2) is 7.97. The molecule has 0 bridgehead atoms. The predicted octanol–water partition coefficient (Wildman–Crippen LogP) is 4.18. The van der Waals surface area contributed by atoms with Crippen molar-refractivity contribution in [3.8, 4) is 11.3 Å². The van der Waals surface area contributed by atoms with Crippen molar-refractivity contribution in [2.24, 2.45) is 5.92 Å². The van der Waals surface area contributed by atoms with E-state index in [1.165, 1.54) is 12.1 Å². The van der Waals surface area contributed by atoms with E-state index in [0.717, 1.165) is 29.5 Å². The number of anilines is 2. The normalized spacial score (nSPS) is 17.5. The molecule has 5 rings (SSSR count). The highest BCUT2D eigenvalue weighted by molar-refractivity contribution is 7.92. The summed E-state index contributed by atoms with van der Waals surface area (Å²) in [4.78, 5) is 10.8. The first-order valence-corrected chi connectivity index (χ1v) is 12.7. The number of sulfonamides is 1. The summed E-state index contributed by atoms with van der Waals surface area (Å²) >= 11 is 6.41.